The number of carbonyl (C=O) groups excluding carboxylic acids is 1. The smallest absolute Gasteiger partial charge is 0.314 e. The molecule has 8 fully saturated rings. The third kappa shape index (κ3) is 11.3. The van der Waals surface area contributed by atoms with Gasteiger partial charge < -0.3 is 129 Å². The Hall–Kier alpha value is -1.79. The van der Waals surface area contributed by atoms with E-state index in [-0.39, 0.29) is 18.3 Å². The number of aliphatic hydroxyl groups excluding tert-OH is 16. The molecule has 27 nitrogen and oxygen atoms in total. The van der Waals surface area contributed by atoms with Gasteiger partial charge in [-0.15, -0.1) is 0 Å². The second-order valence-corrected chi connectivity index (χ2v) is 23.8. The Bertz CT molecular complexity index is 2020. The molecular formula is C51H84O27. The highest BCUT2D eigenvalue weighted by Crippen LogP contribution is 2.69. The summed E-state index contributed by atoms with van der Waals surface area (Å²) in [6.07, 6.45) is -36.9. The zero-order valence-electron chi connectivity index (χ0n) is 44.3. The molecule has 5 heterocycles. The number of fused-ring (bicyclic) bond motifs is 3. The predicted molar refractivity (Wildman–Crippen MR) is 257 cm³/mol. The van der Waals surface area contributed by atoms with E-state index in [9.17, 15) is 86.5 Å². The fourth-order valence-electron chi connectivity index (χ4n) is 14.4. The zero-order valence-corrected chi connectivity index (χ0v) is 44.3. The molecule has 0 aromatic carbocycles. The fourth-order valence-corrected chi connectivity index (χ4v) is 14.4. The van der Waals surface area contributed by atoms with E-state index in [1.165, 1.54) is 0 Å². The number of ether oxygens (including phenoxy) is 10. The number of esters is 1. The lowest BCUT2D eigenvalue weighted by atomic mass is 9.40. The highest BCUT2D eigenvalue weighted by atomic mass is 16.8. The van der Waals surface area contributed by atoms with Gasteiger partial charge in [-0.25, -0.2) is 0 Å². The molecule has 0 radical (unpaired) electrons. The molecule has 5 saturated heterocycles. The van der Waals surface area contributed by atoms with Crippen LogP contribution in [-0.2, 0) is 52.2 Å². The van der Waals surface area contributed by atoms with Crippen LogP contribution in [0.5, 0.6) is 0 Å². The van der Waals surface area contributed by atoms with Crippen LogP contribution in [0.15, 0.2) is 12.2 Å². The third-order valence-corrected chi connectivity index (χ3v) is 18.9. The van der Waals surface area contributed by atoms with Gasteiger partial charge in [0.05, 0.1) is 50.2 Å². The summed E-state index contributed by atoms with van der Waals surface area (Å²) in [4.78, 5) is 14.9. The number of hydrogen-bond donors (Lipinski definition) is 16. The Kier molecular flexibility index (Phi) is 19.5. The minimum absolute atomic E-state index is 0.0857. The maximum atomic E-state index is 14.9. The van der Waals surface area contributed by atoms with Crippen LogP contribution < -0.4 is 0 Å². The van der Waals surface area contributed by atoms with Gasteiger partial charge in [-0.1, -0.05) is 26.8 Å². The normalized spacial score (nSPS) is 52.9. The van der Waals surface area contributed by atoms with Crippen LogP contribution in [0.1, 0.15) is 85.5 Å². The monoisotopic (exact) mass is 1130 g/mol. The van der Waals surface area contributed by atoms with E-state index in [1.54, 1.807) is 13.8 Å². The first-order chi connectivity index (χ1) is 36.8. The van der Waals surface area contributed by atoms with Crippen molar-refractivity contribution in [1.82, 2.24) is 0 Å². The van der Waals surface area contributed by atoms with Crippen LogP contribution >= 0.6 is 0 Å². The zero-order chi connectivity index (χ0) is 57.1. The Morgan fingerprint density at radius 1 is 0.500 bits per heavy atom. The average Bonchev–Trinajstić information content (AvgIpc) is 3.60. The van der Waals surface area contributed by atoms with Crippen molar-refractivity contribution in [2.24, 2.45) is 28.1 Å². The predicted octanol–water partition coefficient (Wildman–Crippen LogP) is -5.62. The maximum Gasteiger partial charge on any atom is 0.314 e. The molecule has 0 spiro atoms. The van der Waals surface area contributed by atoms with Crippen LogP contribution in [0.25, 0.3) is 0 Å². The van der Waals surface area contributed by atoms with Gasteiger partial charge >= 0.3 is 5.97 Å². The lowest BCUT2D eigenvalue weighted by Gasteiger charge is -2.66. The van der Waals surface area contributed by atoms with Crippen molar-refractivity contribution < 1.29 is 134 Å². The lowest BCUT2D eigenvalue weighted by Crippen LogP contribution is -2.67. The Labute approximate surface area is 450 Å². The fraction of sp³-hybridized carbons (Fsp3) is 0.941. The molecule has 27 heteroatoms. The topological polar surface area (TPSA) is 433 Å². The summed E-state index contributed by atoms with van der Waals surface area (Å²) in [5, 5.41) is 170. The maximum absolute atomic E-state index is 14.9. The van der Waals surface area contributed by atoms with Gasteiger partial charge in [0.2, 0.25) is 6.29 Å². The van der Waals surface area contributed by atoms with E-state index >= 15 is 0 Å². The standard InChI is InChI=1S/C51H84O27/c1-20(2)51(78-46-41(76-42-22(58)13-21(57)23(14-52)69-42)39(33(62)27(18-56)73-46)74-43-37(66)34(63)30(59)24(15-53)70-43)12-8-28-48(3,19-51)11-7-29-49(28,4)9-6-10-50(29,5)47(68)77-45-40(36(65)32(61)26(17-55)72-45)75-44-38(67)35(64)31(60)25(16-54)71-44/h21-46,52-67H,1,6-19H2,2-5H3/t21?,22?,23?,24?,25?,26?,27?,28-,29+,30?,31?,32?,33?,34?,35?,36?,37?,38?,39?,40?,41?,42?,43?,44?,45?,46?,48+,49+,50-,51+/m1/s1. The van der Waals surface area contributed by atoms with Crippen molar-refractivity contribution in [3.8, 4) is 0 Å². The summed E-state index contributed by atoms with van der Waals surface area (Å²) in [5.74, 6) is -1.15. The van der Waals surface area contributed by atoms with Crippen molar-refractivity contribution in [2.75, 3.05) is 33.0 Å². The molecular weight excluding hydrogens is 1040 g/mol. The number of rotatable bonds is 16. The molecule has 8 rings (SSSR count). The van der Waals surface area contributed by atoms with Crippen molar-refractivity contribution >= 4 is 5.97 Å². The first-order valence-corrected chi connectivity index (χ1v) is 27.1. The molecule has 3 saturated carbocycles. The van der Waals surface area contributed by atoms with E-state index in [1.807, 2.05) is 0 Å². The van der Waals surface area contributed by atoms with Gasteiger partial charge in [0.25, 0.3) is 0 Å². The third-order valence-electron chi connectivity index (χ3n) is 18.9. The van der Waals surface area contributed by atoms with Crippen LogP contribution in [0.2, 0.25) is 0 Å². The summed E-state index contributed by atoms with van der Waals surface area (Å²) in [6, 6.07) is 0. The molecule has 450 valence electrons. The molecule has 5 aliphatic heterocycles. The van der Waals surface area contributed by atoms with E-state index in [0.717, 1.165) is 0 Å². The highest BCUT2D eigenvalue weighted by Gasteiger charge is 2.66. The summed E-state index contributed by atoms with van der Waals surface area (Å²) in [6.45, 7) is 8.30. The van der Waals surface area contributed by atoms with Crippen molar-refractivity contribution in [3.05, 3.63) is 12.2 Å². The van der Waals surface area contributed by atoms with Gasteiger partial charge in [0, 0.05) is 6.42 Å². The number of carbonyl (C=O) groups is 1. The van der Waals surface area contributed by atoms with Crippen molar-refractivity contribution in [3.63, 3.8) is 0 Å². The lowest BCUT2D eigenvalue weighted by molar-refractivity contribution is -0.397. The Morgan fingerprint density at radius 3 is 1.53 bits per heavy atom. The summed E-state index contributed by atoms with van der Waals surface area (Å²) < 4.78 is 60.7. The van der Waals surface area contributed by atoms with E-state index in [2.05, 4.69) is 20.4 Å². The number of hydrogen-bond acceptors (Lipinski definition) is 27. The molecule has 0 amide bonds. The SMILES string of the molecule is C=C(C)[C@]1(OC2OC(CO)C(O)C(OC3OC(CO)C(O)C(O)C3O)C2OC2OC(CO)C(O)CC2O)CC[C@@H]2[C@@](C)(CC[C@H]3[C@@]2(C)CCC[C@@]3(C)C(=O)OC2OC(CO)C(O)C(O)C2OC2OC(CO)C(O)C(O)C2O)C1. The van der Waals surface area contributed by atoms with E-state index in [0.29, 0.717) is 56.9 Å². The molecule has 78 heavy (non-hydrogen) atoms. The van der Waals surface area contributed by atoms with Crippen LogP contribution in [0.3, 0.4) is 0 Å². The second-order valence-electron chi connectivity index (χ2n) is 23.8. The van der Waals surface area contributed by atoms with E-state index in [4.69, 9.17) is 47.4 Å². The average molecular weight is 1130 g/mol. The van der Waals surface area contributed by atoms with Gasteiger partial charge in [-0.2, -0.15) is 0 Å². The summed E-state index contributed by atoms with van der Waals surface area (Å²) >= 11 is 0. The van der Waals surface area contributed by atoms with Gasteiger partial charge in [-0.05, 0) is 87.0 Å². The van der Waals surface area contributed by atoms with Crippen molar-refractivity contribution in [1.29, 1.82) is 0 Å². The first kappa shape index (κ1) is 62.3. The summed E-state index contributed by atoms with van der Waals surface area (Å²) in [7, 11) is 0. The summed E-state index contributed by atoms with van der Waals surface area (Å²) in [5.41, 5.74) is -3.02. The Balaban J connectivity index is 1.05. The largest absolute Gasteiger partial charge is 0.432 e. The van der Waals surface area contributed by atoms with Gasteiger partial charge in [0.15, 0.2) is 31.3 Å². The molecule has 16 N–H and O–H groups in total. The molecule has 0 aromatic rings. The van der Waals surface area contributed by atoms with Crippen LogP contribution in [0.4, 0.5) is 0 Å². The van der Waals surface area contributed by atoms with Crippen LogP contribution in [-0.4, -0.2) is 274 Å². The molecule has 30 atom stereocenters. The molecule has 24 unspecified atom stereocenters. The quantitative estimate of drug-likeness (QED) is 0.0389. The molecule has 8 aliphatic rings. The second kappa shape index (κ2) is 24.4. The van der Waals surface area contributed by atoms with Crippen LogP contribution in [0, 0.1) is 28.1 Å². The molecule has 3 aliphatic carbocycles. The Morgan fingerprint density at radius 2 is 0.974 bits per heavy atom. The minimum atomic E-state index is -1.95. The number of aliphatic hydroxyl groups is 16. The van der Waals surface area contributed by atoms with Gasteiger partial charge in [0.1, 0.15) is 104 Å². The van der Waals surface area contributed by atoms with Gasteiger partial charge in [-0.3, -0.25) is 4.79 Å². The molecule has 0 aromatic heterocycles. The van der Waals surface area contributed by atoms with E-state index < -0.39 is 208 Å². The first-order valence-electron chi connectivity index (χ1n) is 27.1. The highest BCUT2D eigenvalue weighted by molar-refractivity contribution is 5.77. The van der Waals surface area contributed by atoms with Crippen molar-refractivity contribution in [2.45, 2.75) is 239 Å². The molecule has 0 bridgehead atoms. The minimum Gasteiger partial charge on any atom is -0.432 e.